The summed E-state index contributed by atoms with van der Waals surface area (Å²) in [5.74, 6) is 0. The van der Waals surface area contributed by atoms with Crippen LogP contribution in [0.1, 0.15) is 13.8 Å². The first-order valence-electron chi connectivity index (χ1n) is 2.81. The van der Waals surface area contributed by atoms with Crippen molar-refractivity contribution in [2.24, 2.45) is 0 Å². The normalized spacial score (nSPS) is 8.67. The number of rotatable bonds is 0. The van der Waals surface area contributed by atoms with Crippen LogP contribution in [0.2, 0.25) is 0 Å². The standard InChI is InChI=1S/C4H8.C3H3NS/c1-3-4-2;1-2-5-3-4-1/h3-4H,1-2H3;1-3H/b4-3+;. The fraction of sp³-hybridized carbons (Fsp3) is 0.286. The van der Waals surface area contributed by atoms with Gasteiger partial charge in [-0.2, -0.15) is 0 Å². The lowest BCUT2D eigenvalue weighted by Gasteiger charge is -1.49. The van der Waals surface area contributed by atoms with Crippen molar-refractivity contribution in [3.8, 4) is 0 Å². The molecule has 1 aromatic heterocycles. The molecule has 0 aromatic carbocycles. The predicted octanol–water partition coefficient (Wildman–Crippen LogP) is 2.73. The van der Waals surface area contributed by atoms with Gasteiger partial charge in [0.2, 0.25) is 0 Å². The van der Waals surface area contributed by atoms with E-state index in [1.807, 2.05) is 31.4 Å². The fourth-order valence-electron chi connectivity index (χ4n) is 0.176. The Morgan fingerprint density at radius 3 is 2.11 bits per heavy atom. The van der Waals surface area contributed by atoms with Crippen molar-refractivity contribution < 1.29 is 0 Å². The van der Waals surface area contributed by atoms with Crippen LogP contribution in [0.25, 0.3) is 0 Å². The minimum absolute atomic E-state index is 1.60. The van der Waals surface area contributed by atoms with E-state index in [-0.39, 0.29) is 0 Å². The van der Waals surface area contributed by atoms with Crippen molar-refractivity contribution in [2.75, 3.05) is 0 Å². The third kappa shape index (κ3) is 7.37. The molecule has 0 radical (unpaired) electrons. The second-order valence-electron chi connectivity index (χ2n) is 1.34. The molecule has 0 aliphatic heterocycles. The summed E-state index contributed by atoms with van der Waals surface area (Å²) in [7, 11) is 0. The van der Waals surface area contributed by atoms with E-state index >= 15 is 0 Å². The van der Waals surface area contributed by atoms with Crippen LogP contribution in [-0.2, 0) is 0 Å². The maximum atomic E-state index is 3.74. The summed E-state index contributed by atoms with van der Waals surface area (Å²) in [6.07, 6.45) is 5.77. The van der Waals surface area contributed by atoms with E-state index in [1.54, 1.807) is 23.0 Å². The average Bonchev–Trinajstić information content (AvgIpc) is 2.43. The summed E-state index contributed by atoms with van der Waals surface area (Å²) in [5, 5.41) is 1.93. The molecule has 2 heteroatoms. The van der Waals surface area contributed by atoms with Gasteiger partial charge in [-0.3, -0.25) is 4.98 Å². The molecule has 0 spiro atoms. The van der Waals surface area contributed by atoms with Crippen molar-refractivity contribution in [1.82, 2.24) is 4.98 Å². The Balaban J connectivity index is 0.000000148. The zero-order valence-corrected chi connectivity index (χ0v) is 6.56. The molecule has 1 rings (SSSR count). The SMILES string of the molecule is C/C=C/C.c1cscn1. The Kier molecular flexibility index (Phi) is 6.85. The lowest BCUT2D eigenvalue weighted by atomic mass is 10.6. The van der Waals surface area contributed by atoms with Crippen LogP contribution in [0.4, 0.5) is 0 Å². The third-order valence-corrected chi connectivity index (χ3v) is 1.20. The first-order chi connectivity index (χ1) is 4.41. The van der Waals surface area contributed by atoms with Crippen molar-refractivity contribution in [3.63, 3.8) is 0 Å². The summed E-state index contributed by atoms with van der Waals surface area (Å²) in [4.78, 5) is 3.74. The minimum atomic E-state index is 1.60. The van der Waals surface area contributed by atoms with Gasteiger partial charge in [-0.15, -0.1) is 11.3 Å². The smallest absolute Gasteiger partial charge is 0.0791 e. The van der Waals surface area contributed by atoms with E-state index in [2.05, 4.69) is 4.98 Å². The largest absolute Gasteiger partial charge is 0.253 e. The van der Waals surface area contributed by atoms with Crippen molar-refractivity contribution in [1.29, 1.82) is 0 Å². The maximum absolute atomic E-state index is 3.74. The molecule has 0 bridgehead atoms. The highest BCUT2D eigenvalue weighted by Gasteiger charge is 1.59. The molecule has 0 fully saturated rings. The molecule has 0 aliphatic carbocycles. The number of thiazole rings is 1. The van der Waals surface area contributed by atoms with E-state index in [1.165, 1.54) is 0 Å². The lowest BCUT2D eigenvalue weighted by molar-refractivity contribution is 1.43. The Labute approximate surface area is 60.1 Å². The van der Waals surface area contributed by atoms with Crippen LogP contribution in [0.15, 0.2) is 29.2 Å². The van der Waals surface area contributed by atoms with Gasteiger partial charge in [-0.25, -0.2) is 0 Å². The van der Waals surface area contributed by atoms with E-state index in [9.17, 15) is 0 Å². The van der Waals surface area contributed by atoms with Gasteiger partial charge in [-0.05, 0) is 13.8 Å². The van der Waals surface area contributed by atoms with Gasteiger partial charge in [0, 0.05) is 11.6 Å². The third-order valence-electron chi connectivity index (χ3n) is 0.681. The fourth-order valence-corrected chi connectivity index (χ4v) is 0.527. The number of nitrogens with zero attached hydrogens (tertiary/aromatic N) is 1. The van der Waals surface area contributed by atoms with Crippen LogP contribution < -0.4 is 0 Å². The van der Waals surface area contributed by atoms with E-state index < -0.39 is 0 Å². The van der Waals surface area contributed by atoms with E-state index in [0.717, 1.165) is 0 Å². The van der Waals surface area contributed by atoms with E-state index in [4.69, 9.17) is 0 Å². The summed E-state index contributed by atoms with van der Waals surface area (Å²) in [6, 6.07) is 0. The molecule has 1 heterocycles. The highest BCUT2D eigenvalue weighted by molar-refractivity contribution is 7.07. The van der Waals surface area contributed by atoms with Crippen molar-refractivity contribution >= 4 is 11.3 Å². The van der Waals surface area contributed by atoms with Gasteiger partial charge < -0.3 is 0 Å². The monoisotopic (exact) mass is 141 g/mol. The molecule has 0 saturated heterocycles. The Hall–Kier alpha value is -0.630. The van der Waals surface area contributed by atoms with E-state index in [0.29, 0.717) is 0 Å². The predicted molar refractivity (Wildman–Crippen MR) is 42.6 cm³/mol. The van der Waals surface area contributed by atoms with Gasteiger partial charge >= 0.3 is 0 Å². The van der Waals surface area contributed by atoms with Gasteiger partial charge in [0.1, 0.15) is 0 Å². The zero-order chi connectivity index (χ0) is 6.95. The molecule has 1 nitrogen and oxygen atoms in total. The molecular weight excluding hydrogens is 130 g/mol. The van der Waals surface area contributed by atoms with Gasteiger partial charge in [0.15, 0.2) is 0 Å². The molecule has 0 amide bonds. The molecular formula is C7H11NS. The number of allylic oxidation sites excluding steroid dienone is 2. The summed E-state index contributed by atoms with van der Waals surface area (Å²) in [5.41, 5.74) is 1.79. The Morgan fingerprint density at radius 2 is 2.00 bits per heavy atom. The molecule has 0 unspecified atom stereocenters. The molecule has 0 saturated carbocycles. The molecule has 9 heavy (non-hydrogen) atoms. The Morgan fingerprint density at radius 1 is 1.33 bits per heavy atom. The van der Waals surface area contributed by atoms with Gasteiger partial charge in [0.05, 0.1) is 5.51 Å². The highest BCUT2D eigenvalue weighted by Crippen LogP contribution is 1.85. The maximum Gasteiger partial charge on any atom is 0.0791 e. The number of hydrogen-bond donors (Lipinski definition) is 0. The topological polar surface area (TPSA) is 12.9 Å². The van der Waals surface area contributed by atoms with Crippen LogP contribution in [0.5, 0.6) is 0 Å². The second kappa shape index (κ2) is 7.37. The van der Waals surface area contributed by atoms with Gasteiger partial charge in [0.25, 0.3) is 0 Å². The zero-order valence-electron chi connectivity index (χ0n) is 5.74. The first kappa shape index (κ1) is 8.37. The molecule has 50 valence electrons. The average molecular weight is 141 g/mol. The van der Waals surface area contributed by atoms with Crippen LogP contribution in [-0.4, -0.2) is 4.98 Å². The van der Waals surface area contributed by atoms with Gasteiger partial charge in [-0.1, -0.05) is 12.2 Å². The van der Waals surface area contributed by atoms with Crippen molar-refractivity contribution in [2.45, 2.75) is 13.8 Å². The first-order valence-corrected chi connectivity index (χ1v) is 3.75. The number of hydrogen-bond acceptors (Lipinski definition) is 2. The quantitative estimate of drug-likeness (QED) is 0.506. The molecule has 0 N–H and O–H groups in total. The summed E-state index contributed by atoms with van der Waals surface area (Å²) >= 11 is 1.60. The highest BCUT2D eigenvalue weighted by atomic mass is 32.1. The summed E-state index contributed by atoms with van der Waals surface area (Å²) < 4.78 is 0. The van der Waals surface area contributed by atoms with Crippen LogP contribution in [0, 0.1) is 0 Å². The van der Waals surface area contributed by atoms with Crippen LogP contribution in [0.3, 0.4) is 0 Å². The minimum Gasteiger partial charge on any atom is -0.253 e. The molecule has 0 aliphatic rings. The molecule has 1 aromatic rings. The van der Waals surface area contributed by atoms with Crippen molar-refractivity contribution in [3.05, 3.63) is 29.2 Å². The number of aromatic nitrogens is 1. The second-order valence-corrected chi connectivity index (χ2v) is 2.10. The Bertz CT molecular complexity index is 111. The van der Waals surface area contributed by atoms with Crippen LogP contribution >= 0.6 is 11.3 Å². The lowest BCUT2D eigenvalue weighted by Crippen LogP contribution is -1.38. The molecule has 0 atom stereocenters. The summed E-state index contributed by atoms with van der Waals surface area (Å²) in [6.45, 7) is 4.00.